The second-order valence-corrected chi connectivity index (χ2v) is 4.87. The summed E-state index contributed by atoms with van der Waals surface area (Å²) < 4.78 is 14.3. The maximum atomic E-state index is 14.3. The molecule has 1 N–H and O–H groups in total. The van der Waals surface area contributed by atoms with Gasteiger partial charge in [-0.05, 0) is 62.9 Å². The number of hydrogen-bond acceptors (Lipinski definition) is 1. The number of allylic oxidation sites excluding steroid dienone is 1. The summed E-state index contributed by atoms with van der Waals surface area (Å²) in [7, 11) is 0. The van der Waals surface area contributed by atoms with Crippen LogP contribution in [0, 0.1) is 19.8 Å². The molecule has 1 aliphatic rings. The summed E-state index contributed by atoms with van der Waals surface area (Å²) >= 11 is 0. The van der Waals surface area contributed by atoms with Gasteiger partial charge >= 0.3 is 0 Å². The van der Waals surface area contributed by atoms with Crippen LogP contribution in [0.2, 0.25) is 0 Å². The van der Waals surface area contributed by atoms with E-state index in [0.29, 0.717) is 5.92 Å². The van der Waals surface area contributed by atoms with Crippen molar-refractivity contribution < 1.29 is 4.39 Å². The lowest BCUT2D eigenvalue weighted by Gasteiger charge is -2.20. The number of aryl methyl sites for hydroxylation is 2. The van der Waals surface area contributed by atoms with Crippen LogP contribution in [0.4, 0.5) is 4.39 Å². The predicted molar refractivity (Wildman–Crippen MR) is 70.6 cm³/mol. The first-order valence-corrected chi connectivity index (χ1v) is 6.33. The van der Waals surface area contributed by atoms with Crippen LogP contribution < -0.4 is 5.32 Å². The van der Waals surface area contributed by atoms with E-state index in [1.165, 1.54) is 0 Å². The van der Waals surface area contributed by atoms with Gasteiger partial charge in [-0.1, -0.05) is 18.2 Å². The van der Waals surface area contributed by atoms with Gasteiger partial charge in [-0.3, -0.25) is 0 Å². The summed E-state index contributed by atoms with van der Waals surface area (Å²) in [6.45, 7) is 5.94. The molecule has 0 bridgehead atoms. The van der Waals surface area contributed by atoms with E-state index in [1.54, 1.807) is 0 Å². The van der Waals surface area contributed by atoms with Crippen LogP contribution in [0.15, 0.2) is 24.3 Å². The fraction of sp³-hybridized carbons (Fsp3) is 0.467. The van der Waals surface area contributed by atoms with Gasteiger partial charge in [0.15, 0.2) is 0 Å². The minimum absolute atomic E-state index is 0.0486. The highest BCUT2D eigenvalue weighted by molar-refractivity contribution is 5.65. The van der Waals surface area contributed by atoms with Gasteiger partial charge in [-0.2, -0.15) is 0 Å². The molecule has 0 aromatic heterocycles. The monoisotopic (exact) mass is 233 g/mol. The van der Waals surface area contributed by atoms with E-state index in [9.17, 15) is 4.39 Å². The first kappa shape index (κ1) is 12.3. The van der Waals surface area contributed by atoms with Crippen molar-refractivity contribution >= 4 is 5.83 Å². The fourth-order valence-corrected chi connectivity index (χ4v) is 2.49. The van der Waals surface area contributed by atoms with Gasteiger partial charge in [0.2, 0.25) is 0 Å². The van der Waals surface area contributed by atoms with Crippen LogP contribution in [0.5, 0.6) is 0 Å². The first-order chi connectivity index (χ1) is 8.18. The summed E-state index contributed by atoms with van der Waals surface area (Å²) in [5.74, 6) is 0.336. The Labute approximate surface area is 103 Å². The van der Waals surface area contributed by atoms with E-state index in [4.69, 9.17) is 0 Å². The second-order valence-electron chi connectivity index (χ2n) is 4.87. The van der Waals surface area contributed by atoms with Crippen molar-refractivity contribution in [3.8, 4) is 0 Å². The zero-order chi connectivity index (χ0) is 12.3. The SMILES string of the molecule is Cc1cccc(C)c1/C(F)=C/C1CCNCC1. The largest absolute Gasteiger partial charge is 0.317 e. The number of piperidine rings is 1. The quantitative estimate of drug-likeness (QED) is 0.822. The summed E-state index contributed by atoms with van der Waals surface area (Å²) in [5, 5.41) is 3.30. The van der Waals surface area contributed by atoms with Crippen molar-refractivity contribution in [1.82, 2.24) is 5.32 Å². The molecule has 1 heterocycles. The predicted octanol–water partition coefficient (Wildman–Crippen LogP) is 3.61. The molecule has 17 heavy (non-hydrogen) atoms. The molecule has 0 radical (unpaired) electrons. The van der Waals surface area contributed by atoms with Gasteiger partial charge in [-0.15, -0.1) is 0 Å². The average molecular weight is 233 g/mol. The van der Waals surface area contributed by atoms with Crippen LogP contribution in [-0.2, 0) is 0 Å². The molecular weight excluding hydrogens is 213 g/mol. The highest BCUT2D eigenvalue weighted by atomic mass is 19.1. The molecule has 92 valence electrons. The van der Waals surface area contributed by atoms with E-state index in [-0.39, 0.29) is 5.83 Å². The average Bonchev–Trinajstić information content (AvgIpc) is 2.30. The van der Waals surface area contributed by atoms with E-state index in [1.807, 2.05) is 38.1 Å². The van der Waals surface area contributed by atoms with Crippen molar-refractivity contribution in [2.45, 2.75) is 26.7 Å². The number of nitrogens with one attached hydrogen (secondary N) is 1. The molecule has 2 heteroatoms. The molecule has 1 fully saturated rings. The number of hydrogen-bond donors (Lipinski definition) is 1. The van der Waals surface area contributed by atoms with Crippen LogP contribution in [-0.4, -0.2) is 13.1 Å². The Morgan fingerprint density at radius 2 is 1.82 bits per heavy atom. The van der Waals surface area contributed by atoms with Crippen molar-refractivity contribution in [2.75, 3.05) is 13.1 Å². The Bertz CT molecular complexity index is 397. The lowest BCUT2D eigenvalue weighted by atomic mass is 9.94. The van der Waals surface area contributed by atoms with Gasteiger partial charge in [0.25, 0.3) is 0 Å². The Hall–Kier alpha value is -1.15. The molecule has 1 nitrogen and oxygen atoms in total. The maximum absolute atomic E-state index is 14.3. The minimum Gasteiger partial charge on any atom is -0.317 e. The normalized spacial score (nSPS) is 18.4. The van der Waals surface area contributed by atoms with Crippen LogP contribution in [0.1, 0.15) is 29.5 Å². The standard InChI is InChI=1S/C15H20FN/c1-11-4-3-5-12(2)15(11)14(16)10-13-6-8-17-9-7-13/h3-5,10,13,17H,6-9H2,1-2H3/b14-10-. The zero-order valence-electron chi connectivity index (χ0n) is 10.6. The minimum atomic E-state index is -0.0486. The van der Waals surface area contributed by atoms with Gasteiger partial charge < -0.3 is 5.32 Å². The summed E-state index contributed by atoms with van der Waals surface area (Å²) in [6.07, 6.45) is 3.90. The lowest BCUT2D eigenvalue weighted by molar-refractivity contribution is 0.434. The van der Waals surface area contributed by atoms with Crippen molar-refractivity contribution in [2.24, 2.45) is 5.92 Å². The summed E-state index contributed by atoms with van der Waals surface area (Å²) in [5.41, 5.74) is 2.83. The lowest BCUT2D eigenvalue weighted by Crippen LogP contribution is -2.26. The molecule has 1 aromatic rings. The van der Waals surface area contributed by atoms with Crippen LogP contribution in [0.3, 0.4) is 0 Å². The smallest absolute Gasteiger partial charge is 0.127 e. The fourth-order valence-electron chi connectivity index (χ4n) is 2.49. The Morgan fingerprint density at radius 3 is 2.41 bits per heavy atom. The van der Waals surface area contributed by atoms with Crippen molar-refractivity contribution in [3.05, 3.63) is 41.0 Å². The van der Waals surface area contributed by atoms with Crippen molar-refractivity contribution in [1.29, 1.82) is 0 Å². The number of benzene rings is 1. The van der Waals surface area contributed by atoms with E-state index < -0.39 is 0 Å². The molecule has 0 aliphatic carbocycles. The summed E-state index contributed by atoms with van der Waals surface area (Å²) in [6, 6.07) is 5.92. The maximum Gasteiger partial charge on any atom is 0.127 e. The van der Waals surface area contributed by atoms with Crippen LogP contribution in [0.25, 0.3) is 5.83 Å². The first-order valence-electron chi connectivity index (χ1n) is 6.33. The van der Waals surface area contributed by atoms with Gasteiger partial charge in [0.05, 0.1) is 0 Å². The van der Waals surface area contributed by atoms with Crippen molar-refractivity contribution in [3.63, 3.8) is 0 Å². The van der Waals surface area contributed by atoms with Gasteiger partial charge in [-0.25, -0.2) is 4.39 Å². The molecule has 0 atom stereocenters. The molecular formula is C15H20FN. The molecule has 0 unspecified atom stereocenters. The molecule has 0 saturated carbocycles. The summed E-state index contributed by atoms with van der Waals surface area (Å²) in [4.78, 5) is 0. The Morgan fingerprint density at radius 1 is 1.24 bits per heavy atom. The molecule has 0 spiro atoms. The second kappa shape index (κ2) is 5.46. The highest BCUT2D eigenvalue weighted by Crippen LogP contribution is 2.27. The highest BCUT2D eigenvalue weighted by Gasteiger charge is 2.14. The molecule has 1 aromatic carbocycles. The van der Waals surface area contributed by atoms with E-state index >= 15 is 0 Å². The molecule has 2 rings (SSSR count). The van der Waals surface area contributed by atoms with E-state index in [0.717, 1.165) is 42.6 Å². The topological polar surface area (TPSA) is 12.0 Å². The third kappa shape index (κ3) is 2.95. The number of rotatable bonds is 2. The number of halogens is 1. The van der Waals surface area contributed by atoms with E-state index in [2.05, 4.69) is 5.32 Å². The zero-order valence-corrected chi connectivity index (χ0v) is 10.6. The van der Waals surface area contributed by atoms with Gasteiger partial charge in [0.1, 0.15) is 5.83 Å². The Kier molecular flexibility index (Phi) is 3.95. The molecule has 1 aliphatic heterocycles. The third-order valence-electron chi connectivity index (χ3n) is 3.49. The molecule has 0 amide bonds. The van der Waals surface area contributed by atoms with Gasteiger partial charge in [0, 0.05) is 5.56 Å². The molecule has 1 saturated heterocycles. The third-order valence-corrected chi connectivity index (χ3v) is 3.49. The Balaban J connectivity index is 2.23. The van der Waals surface area contributed by atoms with Crippen LogP contribution >= 0.6 is 0 Å².